The van der Waals surface area contributed by atoms with Crippen LogP contribution in [-0.4, -0.2) is 152 Å². The number of carboxylic acids is 1. The van der Waals surface area contributed by atoms with Gasteiger partial charge in [-0.25, -0.2) is 0 Å². The molecule has 1 saturated heterocycles. The third-order valence-electron chi connectivity index (χ3n) is 11.3. The fraction of sp³-hybridized carbons (Fsp3) is 0.478. The monoisotopic (exact) mass is 978 g/mol. The predicted octanol–water partition coefficient (Wildman–Crippen LogP) is -3.61. The van der Waals surface area contributed by atoms with Crippen LogP contribution >= 0.6 is 0 Å². The third-order valence-corrected chi connectivity index (χ3v) is 11.3. The summed E-state index contributed by atoms with van der Waals surface area (Å²) in [7, 11) is 0. The number of carboxylic acid groups (broad SMARTS) is 1. The summed E-state index contributed by atoms with van der Waals surface area (Å²) in [5.41, 5.74) is 7.40. The molecule has 24 heteroatoms. The van der Waals surface area contributed by atoms with Crippen LogP contribution in [0.5, 0.6) is 0 Å². The Morgan fingerprint density at radius 1 is 0.657 bits per heavy atom. The van der Waals surface area contributed by atoms with Crippen molar-refractivity contribution in [1.82, 2.24) is 47.5 Å². The molecule has 24 nitrogen and oxygen atoms in total. The number of nitrogens with one attached hydrogen (secondary N) is 9. The normalized spacial score (nSPS) is 17.2. The molecular formula is C46H62N10O14. The first-order valence-electron chi connectivity index (χ1n) is 22.6. The molecule has 9 amide bonds. The van der Waals surface area contributed by atoms with E-state index in [1.165, 1.54) is 6.92 Å². The number of benzene rings is 2. The molecule has 1 aromatic heterocycles. The van der Waals surface area contributed by atoms with E-state index in [0.717, 1.165) is 17.8 Å². The van der Waals surface area contributed by atoms with Gasteiger partial charge < -0.3 is 73.7 Å². The molecule has 3 aromatic rings. The topological polar surface area (TPSA) is 390 Å². The van der Waals surface area contributed by atoms with Crippen molar-refractivity contribution >= 4 is 70.0 Å². The Morgan fingerprint density at radius 3 is 1.73 bits per heavy atom. The standard InChI is InChI=1S/C46H62N10O14/c1-22(2)16-31(51-40(64)29-14-15-35(60)49-29)43(67)55-37(23(3)58)45(69)52-32(17-25-10-6-5-7-11-25)41(65)54-34(21-57)44(68)56-38(24(4)59)46(70)53-33(19-36(61)62)42(66)50-30(39(47)63)18-26-20-48-28-13-9-8-12-27(26)28/h5-13,20,22-24,29-34,37-38,48,57-59H,14-19,21H2,1-4H3,(H2,47,63)(H,49,60)(H,50,66)(H,51,64)(H,52,69)(H,53,70)(H,54,65)(H,55,67)(H,56,68)(H,61,62)/t23-,24-,29+,30+,31+,32+,33+,34+,37+,38+/m1/s1. The highest BCUT2D eigenvalue weighted by Crippen LogP contribution is 2.19. The summed E-state index contributed by atoms with van der Waals surface area (Å²) >= 11 is 0. The zero-order valence-electron chi connectivity index (χ0n) is 39.0. The third kappa shape index (κ3) is 16.1. The molecule has 4 rings (SSSR count). The van der Waals surface area contributed by atoms with Gasteiger partial charge >= 0.3 is 5.97 Å². The largest absolute Gasteiger partial charge is 0.481 e. The van der Waals surface area contributed by atoms with Gasteiger partial charge in [-0.2, -0.15) is 0 Å². The van der Waals surface area contributed by atoms with Crippen molar-refractivity contribution in [2.24, 2.45) is 11.7 Å². The van der Waals surface area contributed by atoms with E-state index in [0.29, 0.717) is 11.1 Å². The van der Waals surface area contributed by atoms with Gasteiger partial charge in [-0.05, 0) is 49.8 Å². The second kappa shape index (κ2) is 25.8. The number of para-hydroxylation sites is 1. The number of aliphatic hydroxyl groups is 3. The van der Waals surface area contributed by atoms with Crippen molar-refractivity contribution in [3.05, 3.63) is 71.9 Å². The van der Waals surface area contributed by atoms with Crippen LogP contribution in [0.25, 0.3) is 10.9 Å². The minimum Gasteiger partial charge on any atom is -0.481 e. The Hall–Kier alpha value is -7.44. The lowest BCUT2D eigenvalue weighted by Crippen LogP contribution is -2.63. The second-order valence-corrected chi connectivity index (χ2v) is 17.5. The lowest BCUT2D eigenvalue weighted by Gasteiger charge is -2.29. The van der Waals surface area contributed by atoms with Crippen LogP contribution in [-0.2, 0) is 60.8 Å². The molecular weight excluding hydrogens is 917 g/mol. The minimum absolute atomic E-state index is 0.107. The number of aliphatic carboxylic acids is 1. The number of aromatic amines is 1. The summed E-state index contributed by atoms with van der Waals surface area (Å²) < 4.78 is 0. The molecule has 0 unspecified atom stereocenters. The van der Waals surface area contributed by atoms with Gasteiger partial charge in [0.1, 0.15) is 48.3 Å². The molecule has 0 saturated carbocycles. The number of hydrogen-bond acceptors (Lipinski definition) is 13. The number of aliphatic hydroxyl groups excluding tert-OH is 3. The number of H-pyrrole nitrogens is 1. The smallest absolute Gasteiger partial charge is 0.305 e. The van der Waals surface area contributed by atoms with Crippen molar-refractivity contribution in [1.29, 1.82) is 0 Å². The summed E-state index contributed by atoms with van der Waals surface area (Å²) in [4.78, 5) is 134. The molecule has 15 N–H and O–H groups in total. The second-order valence-electron chi connectivity index (χ2n) is 17.5. The predicted molar refractivity (Wildman–Crippen MR) is 248 cm³/mol. The van der Waals surface area contributed by atoms with Crippen LogP contribution < -0.4 is 48.3 Å². The number of aromatic nitrogens is 1. The van der Waals surface area contributed by atoms with Gasteiger partial charge in [0.05, 0.1) is 25.2 Å². The Kier molecular flexibility index (Phi) is 20.3. The fourth-order valence-electron chi connectivity index (χ4n) is 7.55. The van der Waals surface area contributed by atoms with Crippen molar-refractivity contribution in [3.63, 3.8) is 0 Å². The molecule has 0 aliphatic carbocycles. The van der Waals surface area contributed by atoms with Crippen LogP contribution in [0.1, 0.15) is 64.5 Å². The molecule has 2 heterocycles. The maximum atomic E-state index is 13.9. The number of fused-ring (bicyclic) bond motifs is 1. The molecule has 70 heavy (non-hydrogen) atoms. The number of carbonyl (C=O) groups is 10. The van der Waals surface area contributed by atoms with Crippen molar-refractivity contribution in [2.75, 3.05) is 6.61 Å². The number of carbonyl (C=O) groups excluding carboxylic acids is 9. The summed E-state index contributed by atoms with van der Waals surface area (Å²) in [5.74, 6) is -10.3. The van der Waals surface area contributed by atoms with Crippen LogP contribution in [0.3, 0.4) is 0 Å². The quantitative estimate of drug-likeness (QED) is 0.0370. The Morgan fingerprint density at radius 2 is 1.19 bits per heavy atom. The fourth-order valence-corrected chi connectivity index (χ4v) is 7.55. The number of amides is 9. The molecule has 1 aliphatic rings. The van der Waals surface area contributed by atoms with Crippen LogP contribution in [0, 0.1) is 5.92 Å². The van der Waals surface area contributed by atoms with Gasteiger partial charge in [-0.15, -0.1) is 0 Å². The van der Waals surface area contributed by atoms with Crippen LogP contribution in [0.4, 0.5) is 0 Å². The average molecular weight is 979 g/mol. The SMILES string of the molecule is CC(C)C[C@H](NC(=O)[C@@H]1CCC(=O)N1)C(=O)N[C@H](C(=O)N[C@@H](Cc1ccccc1)C(=O)N[C@@H](CO)C(=O)N[C@H](C(=O)N[C@@H](CC(=O)O)C(=O)N[C@@H](Cc1c[nH]c2ccccc12)C(N)=O)[C@@H](C)O)[C@@H](C)O. The number of hydrogen-bond donors (Lipinski definition) is 14. The zero-order valence-corrected chi connectivity index (χ0v) is 39.0. The molecule has 2 aromatic carbocycles. The Labute approximate surface area is 402 Å². The van der Waals surface area contributed by atoms with E-state index in [4.69, 9.17) is 5.73 Å². The van der Waals surface area contributed by atoms with Crippen molar-refractivity contribution in [2.45, 2.75) is 127 Å². The van der Waals surface area contributed by atoms with Gasteiger partial charge in [-0.3, -0.25) is 47.9 Å². The maximum Gasteiger partial charge on any atom is 0.305 e. The van der Waals surface area contributed by atoms with E-state index in [1.54, 1.807) is 74.6 Å². The number of nitrogens with two attached hydrogens (primary N) is 1. The minimum atomic E-state index is -1.93. The molecule has 0 bridgehead atoms. The van der Waals surface area contributed by atoms with Crippen LogP contribution in [0.2, 0.25) is 0 Å². The molecule has 1 aliphatic heterocycles. The number of primary amides is 1. The first-order valence-corrected chi connectivity index (χ1v) is 22.6. The van der Waals surface area contributed by atoms with E-state index in [9.17, 15) is 68.4 Å². The van der Waals surface area contributed by atoms with Crippen molar-refractivity contribution in [3.8, 4) is 0 Å². The zero-order chi connectivity index (χ0) is 51.8. The van der Waals surface area contributed by atoms with Crippen LogP contribution in [0.15, 0.2) is 60.8 Å². The molecule has 1 fully saturated rings. The highest BCUT2D eigenvalue weighted by atomic mass is 16.4. The Balaban J connectivity index is 1.47. The summed E-state index contributed by atoms with van der Waals surface area (Å²) in [6, 6.07) is 2.90. The van der Waals surface area contributed by atoms with E-state index >= 15 is 0 Å². The van der Waals surface area contributed by atoms with Gasteiger partial charge in [-0.1, -0.05) is 62.4 Å². The van der Waals surface area contributed by atoms with Crippen molar-refractivity contribution < 1.29 is 68.4 Å². The summed E-state index contributed by atoms with van der Waals surface area (Å²) in [6.45, 7) is 4.73. The molecule has 380 valence electrons. The molecule has 10 atom stereocenters. The molecule has 0 radical (unpaired) electrons. The van der Waals surface area contributed by atoms with E-state index in [2.05, 4.69) is 47.5 Å². The maximum absolute atomic E-state index is 13.9. The Bertz CT molecular complexity index is 2370. The summed E-state index contributed by atoms with van der Waals surface area (Å²) in [6.07, 6.45) is -2.62. The van der Waals surface area contributed by atoms with E-state index < -0.39 is 127 Å². The van der Waals surface area contributed by atoms with Gasteiger partial charge in [0.15, 0.2) is 0 Å². The first kappa shape index (κ1) is 55.2. The first-order chi connectivity index (χ1) is 33.1. The van der Waals surface area contributed by atoms with Gasteiger partial charge in [0, 0.05) is 36.4 Å². The van der Waals surface area contributed by atoms with Gasteiger partial charge in [0.25, 0.3) is 0 Å². The number of rotatable bonds is 26. The highest BCUT2D eigenvalue weighted by Gasteiger charge is 2.37. The lowest BCUT2D eigenvalue weighted by atomic mass is 10.0. The van der Waals surface area contributed by atoms with E-state index in [1.807, 2.05) is 0 Å². The summed E-state index contributed by atoms with van der Waals surface area (Å²) in [5, 5.41) is 60.9. The van der Waals surface area contributed by atoms with Gasteiger partial charge in [0.2, 0.25) is 53.2 Å². The highest BCUT2D eigenvalue weighted by molar-refractivity contribution is 5.99. The average Bonchev–Trinajstić information content (AvgIpc) is 3.93. The van der Waals surface area contributed by atoms with E-state index in [-0.39, 0.29) is 43.9 Å². The molecule has 0 spiro atoms. The lowest BCUT2D eigenvalue weighted by molar-refractivity contribution is -0.142.